The first kappa shape index (κ1) is 12.9. The quantitative estimate of drug-likeness (QED) is 0.822. The second-order valence-corrected chi connectivity index (χ2v) is 4.30. The van der Waals surface area contributed by atoms with Crippen molar-refractivity contribution in [3.05, 3.63) is 65.2 Å². The lowest BCUT2D eigenvalue weighted by Gasteiger charge is -2.03. The number of hydrogen-bond donors (Lipinski definition) is 2. The van der Waals surface area contributed by atoms with Crippen LogP contribution in [0.5, 0.6) is 5.75 Å². The molecule has 0 spiro atoms. The summed E-state index contributed by atoms with van der Waals surface area (Å²) in [7, 11) is 0. The minimum absolute atomic E-state index is 0.238. The van der Waals surface area contributed by atoms with Crippen molar-refractivity contribution in [2.45, 2.75) is 6.92 Å². The van der Waals surface area contributed by atoms with E-state index in [9.17, 15) is 9.90 Å². The number of carboxylic acid groups (broad SMARTS) is 1. The van der Waals surface area contributed by atoms with E-state index in [-0.39, 0.29) is 11.3 Å². The highest BCUT2D eigenvalue weighted by Crippen LogP contribution is 2.20. The number of rotatable bonds is 3. The molecule has 0 bridgehead atoms. The van der Waals surface area contributed by atoms with Gasteiger partial charge in [-0.05, 0) is 47.9 Å². The molecule has 0 aromatic heterocycles. The summed E-state index contributed by atoms with van der Waals surface area (Å²) in [6.07, 6.45) is 1.97. The van der Waals surface area contributed by atoms with E-state index in [1.807, 2.05) is 25.1 Å². The predicted molar refractivity (Wildman–Crippen MR) is 75.1 cm³/mol. The molecule has 0 unspecified atom stereocenters. The molecule has 0 saturated carbocycles. The largest absolute Gasteiger partial charge is 0.508 e. The molecule has 3 nitrogen and oxygen atoms in total. The predicted octanol–water partition coefficient (Wildman–Crippen LogP) is 3.65. The van der Waals surface area contributed by atoms with Crippen LogP contribution in [0.2, 0.25) is 0 Å². The normalized spacial score (nSPS) is 11.3. The Morgan fingerprint density at radius 3 is 2.00 bits per heavy atom. The highest BCUT2D eigenvalue weighted by Gasteiger charge is 2.01. The van der Waals surface area contributed by atoms with Crippen molar-refractivity contribution in [2.24, 2.45) is 0 Å². The van der Waals surface area contributed by atoms with Crippen molar-refractivity contribution in [1.82, 2.24) is 0 Å². The van der Waals surface area contributed by atoms with Gasteiger partial charge in [0.05, 0.1) is 5.56 Å². The van der Waals surface area contributed by atoms with E-state index in [4.69, 9.17) is 5.11 Å². The zero-order valence-electron chi connectivity index (χ0n) is 10.5. The Morgan fingerprint density at radius 2 is 1.47 bits per heavy atom. The number of carboxylic acids is 1. The van der Waals surface area contributed by atoms with E-state index in [0.717, 1.165) is 16.7 Å². The molecular formula is C16H14O3. The average molecular weight is 254 g/mol. The van der Waals surface area contributed by atoms with Crippen LogP contribution in [0.4, 0.5) is 0 Å². The number of aromatic hydroxyl groups is 1. The van der Waals surface area contributed by atoms with Crippen molar-refractivity contribution >= 4 is 17.6 Å². The van der Waals surface area contributed by atoms with Gasteiger partial charge in [-0.1, -0.05) is 30.3 Å². The summed E-state index contributed by atoms with van der Waals surface area (Å²) in [5.74, 6) is -0.687. The third-order valence-electron chi connectivity index (χ3n) is 2.86. The average Bonchev–Trinajstić information content (AvgIpc) is 2.40. The van der Waals surface area contributed by atoms with Crippen LogP contribution in [0.25, 0.3) is 11.6 Å². The maximum absolute atomic E-state index is 10.7. The van der Waals surface area contributed by atoms with Crippen molar-refractivity contribution < 1.29 is 15.0 Å². The molecule has 19 heavy (non-hydrogen) atoms. The summed E-state index contributed by atoms with van der Waals surface area (Å²) in [5, 5.41) is 18.1. The van der Waals surface area contributed by atoms with Gasteiger partial charge < -0.3 is 10.2 Å². The van der Waals surface area contributed by atoms with Crippen molar-refractivity contribution in [3.8, 4) is 5.75 Å². The molecule has 2 N–H and O–H groups in total. The number of carbonyl (C=O) groups is 1. The SMILES string of the molecule is CC(=Cc1ccc(C(=O)O)cc1)c1ccc(O)cc1. The van der Waals surface area contributed by atoms with E-state index in [1.54, 1.807) is 36.4 Å². The molecular weight excluding hydrogens is 240 g/mol. The first-order chi connectivity index (χ1) is 9.06. The van der Waals surface area contributed by atoms with Gasteiger partial charge in [-0.3, -0.25) is 0 Å². The van der Waals surface area contributed by atoms with Crippen LogP contribution in [0.1, 0.15) is 28.4 Å². The summed E-state index contributed by atoms with van der Waals surface area (Å²) in [6, 6.07) is 13.7. The lowest BCUT2D eigenvalue weighted by molar-refractivity contribution is 0.0697. The Hall–Kier alpha value is -2.55. The van der Waals surface area contributed by atoms with E-state index in [1.165, 1.54) is 0 Å². The van der Waals surface area contributed by atoms with Gasteiger partial charge >= 0.3 is 5.97 Å². The molecule has 0 atom stereocenters. The van der Waals surface area contributed by atoms with E-state index in [0.29, 0.717) is 0 Å². The number of hydrogen-bond acceptors (Lipinski definition) is 2. The van der Waals surface area contributed by atoms with Crippen LogP contribution < -0.4 is 0 Å². The van der Waals surface area contributed by atoms with Crippen LogP contribution >= 0.6 is 0 Å². The molecule has 0 radical (unpaired) electrons. The lowest BCUT2D eigenvalue weighted by atomic mass is 10.0. The van der Waals surface area contributed by atoms with Gasteiger partial charge in [0.2, 0.25) is 0 Å². The van der Waals surface area contributed by atoms with E-state index >= 15 is 0 Å². The maximum atomic E-state index is 10.7. The minimum atomic E-state index is -0.925. The fourth-order valence-corrected chi connectivity index (χ4v) is 1.78. The van der Waals surface area contributed by atoms with Crippen LogP contribution in [0.15, 0.2) is 48.5 Å². The van der Waals surface area contributed by atoms with Gasteiger partial charge in [0, 0.05) is 0 Å². The zero-order chi connectivity index (χ0) is 13.8. The van der Waals surface area contributed by atoms with Crippen LogP contribution in [0.3, 0.4) is 0 Å². The molecule has 2 aromatic carbocycles. The topological polar surface area (TPSA) is 57.5 Å². The third-order valence-corrected chi connectivity index (χ3v) is 2.86. The van der Waals surface area contributed by atoms with Crippen molar-refractivity contribution in [3.63, 3.8) is 0 Å². The smallest absolute Gasteiger partial charge is 0.335 e. The number of phenolic OH excluding ortho intramolecular Hbond substituents is 1. The van der Waals surface area contributed by atoms with Crippen molar-refractivity contribution in [1.29, 1.82) is 0 Å². The summed E-state index contributed by atoms with van der Waals surface area (Å²) in [4.78, 5) is 10.7. The van der Waals surface area contributed by atoms with Gasteiger partial charge in [-0.15, -0.1) is 0 Å². The second kappa shape index (κ2) is 5.40. The van der Waals surface area contributed by atoms with Gasteiger partial charge in [0.25, 0.3) is 0 Å². The lowest BCUT2D eigenvalue weighted by Crippen LogP contribution is -1.94. The number of aromatic carboxylic acids is 1. The molecule has 0 amide bonds. The summed E-state index contributed by atoms with van der Waals surface area (Å²) < 4.78 is 0. The summed E-state index contributed by atoms with van der Waals surface area (Å²) in [6.45, 7) is 1.97. The molecule has 2 rings (SSSR count). The van der Waals surface area contributed by atoms with E-state index < -0.39 is 5.97 Å². The molecule has 3 heteroatoms. The highest BCUT2D eigenvalue weighted by molar-refractivity contribution is 5.88. The van der Waals surface area contributed by atoms with Crippen molar-refractivity contribution in [2.75, 3.05) is 0 Å². The van der Waals surface area contributed by atoms with Gasteiger partial charge in [0.15, 0.2) is 0 Å². The summed E-state index contributed by atoms with van der Waals surface area (Å²) >= 11 is 0. The fourth-order valence-electron chi connectivity index (χ4n) is 1.78. The van der Waals surface area contributed by atoms with Crippen LogP contribution in [-0.2, 0) is 0 Å². The fraction of sp³-hybridized carbons (Fsp3) is 0.0625. The zero-order valence-corrected chi connectivity index (χ0v) is 10.5. The molecule has 0 aliphatic heterocycles. The first-order valence-electron chi connectivity index (χ1n) is 5.87. The van der Waals surface area contributed by atoms with E-state index in [2.05, 4.69) is 0 Å². The van der Waals surface area contributed by atoms with Crippen LogP contribution in [0, 0.1) is 0 Å². The summed E-state index contributed by atoms with van der Waals surface area (Å²) in [5.41, 5.74) is 3.28. The highest BCUT2D eigenvalue weighted by atomic mass is 16.4. The molecule has 96 valence electrons. The monoisotopic (exact) mass is 254 g/mol. The third kappa shape index (κ3) is 3.22. The van der Waals surface area contributed by atoms with Crippen LogP contribution in [-0.4, -0.2) is 16.2 Å². The van der Waals surface area contributed by atoms with Gasteiger partial charge in [-0.25, -0.2) is 4.79 Å². The maximum Gasteiger partial charge on any atom is 0.335 e. The van der Waals surface area contributed by atoms with Gasteiger partial charge in [-0.2, -0.15) is 0 Å². The first-order valence-corrected chi connectivity index (χ1v) is 5.87. The molecule has 0 aliphatic carbocycles. The Labute approximate surface area is 111 Å². The number of allylic oxidation sites excluding steroid dienone is 1. The minimum Gasteiger partial charge on any atom is -0.508 e. The second-order valence-electron chi connectivity index (χ2n) is 4.30. The number of phenols is 1. The van der Waals surface area contributed by atoms with Gasteiger partial charge in [0.1, 0.15) is 5.75 Å². The Balaban J connectivity index is 2.25. The number of benzene rings is 2. The molecule has 0 fully saturated rings. The standard InChI is InChI=1S/C16H14O3/c1-11(13-6-8-15(17)9-7-13)10-12-2-4-14(5-3-12)16(18)19/h2-10,17H,1H3,(H,18,19). The Morgan fingerprint density at radius 1 is 0.947 bits per heavy atom. The molecule has 0 saturated heterocycles. The Kier molecular flexibility index (Phi) is 3.66. The Bertz CT molecular complexity index is 607. The molecule has 0 aliphatic rings. The molecule has 0 heterocycles. The molecule has 2 aromatic rings.